The number of likely N-dealkylation sites (N-methyl/N-ethyl adjacent to an activating group) is 1. The van der Waals surface area contributed by atoms with Gasteiger partial charge in [0, 0.05) is 7.05 Å². The number of carbonyl (C=O) groups is 1. The summed E-state index contributed by atoms with van der Waals surface area (Å²) in [7, 11) is 1.68. The third-order valence-electron chi connectivity index (χ3n) is 2.95. The average molecular weight is 254 g/mol. The Labute approximate surface area is 108 Å². The van der Waals surface area contributed by atoms with E-state index in [0.29, 0.717) is 12.3 Å². The van der Waals surface area contributed by atoms with Gasteiger partial charge in [-0.15, -0.1) is 0 Å². The minimum absolute atomic E-state index is 0.0613. The molecule has 0 aliphatic carbocycles. The van der Waals surface area contributed by atoms with Crippen molar-refractivity contribution in [1.82, 2.24) is 10.2 Å². The molecule has 1 rings (SSSR count). The smallest absolute Gasteiger partial charge is 0.317 e. The average Bonchev–Trinajstić information content (AvgIpc) is 2.77. The van der Waals surface area contributed by atoms with Gasteiger partial charge in [0.25, 0.3) is 0 Å². The molecule has 5 nitrogen and oxygen atoms in total. The van der Waals surface area contributed by atoms with Crippen LogP contribution in [-0.4, -0.2) is 35.7 Å². The Morgan fingerprint density at radius 2 is 2.22 bits per heavy atom. The van der Waals surface area contributed by atoms with E-state index in [1.54, 1.807) is 25.4 Å². The van der Waals surface area contributed by atoms with Gasteiger partial charge in [-0.05, 0) is 17.5 Å². The lowest BCUT2D eigenvalue weighted by Gasteiger charge is -2.36. The molecule has 1 heterocycles. The van der Waals surface area contributed by atoms with E-state index < -0.39 is 0 Å². The molecule has 0 aliphatic heterocycles. The second-order valence-corrected chi connectivity index (χ2v) is 5.41. The Morgan fingerprint density at radius 3 is 2.67 bits per heavy atom. The molecule has 0 fully saturated rings. The van der Waals surface area contributed by atoms with Crippen molar-refractivity contribution in [2.75, 3.05) is 13.7 Å². The van der Waals surface area contributed by atoms with E-state index in [1.165, 1.54) is 4.90 Å². The van der Waals surface area contributed by atoms with Gasteiger partial charge in [-0.1, -0.05) is 20.8 Å². The van der Waals surface area contributed by atoms with Crippen molar-refractivity contribution < 1.29 is 14.3 Å². The molecule has 102 valence electrons. The van der Waals surface area contributed by atoms with Gasteiger partial charge in [0.2, 0.25) is 0 Å². The van der Waals surface area contributed by atoms with Crippen LogP contribution in [0.5, 0.6) is 0 Å². The molecule has 0 aromatic carbocycles. The van der Waals surface area contributed by atoms with Gasteiger partial charge >= 0.3 is 6.03 Å². The lowest BCUT2D eigenvalue weighted by Crippen LogP contribution is -2.50. The fraction of sp³-hybridized carbons (Fsp3) is 0.615. The van der Waals surface area contributed by atoms with Gasteiger partial charge in [0.1, 0.15) is 5.76 Å². The molecule has 2 amide bonds. The monoisotopic (exact) mass is 254 g/mol. The molecule has 2 N–H and O–H groups in total. The van der Waals surface area contributed by atoms with E-state index in [-0.39, 0.29) is 24.1 Å². The minimum atomic E-state index is -0.228. The summed E-state index contributed by atoms with van der Waals surface area (Å²) in [5.41, 5.74) is -0.175. The molecule has 1 aromatic heterocycles. The van der Waals surface area contributed by atoms with Crippen LogP contribution >= 0.6 is 0 Å². The van der Waals surface area contributed by atoms with Gasteiger partial charge in [0.15, 0.2) is 0 Å². The summed E-state index contributed by atoms with van der Waals surface area (Å²) in [6.07, 6.45) is 1.57. The lowest BCUT2D eigenvalue weighted by molar-refractivity contribution is 0.0831. The quantitative estimate of drug-likeness (QED) is 0.861. The summed E-state index contributed by atoms with van der Waals surface area (Å²) >= 11 is 0. The first-order valence-corrected chi connectivity index (χ1v) is 6.00. The van der Waals surface area contributed by atoms with Crippen LogP contribution in [0.15, 0.2) is 22.8 Å². The molecular formula is C13H22N2O3. The number of rotatable bonds is 4. The first kappa shape index (κ1) is 14.6. The van der Waals surface area contributed by atoms with Crippen molar-refractivity contribution in [2.24, 2.45) is 5.41 Å². The number of hydrogen-bond donors (Lipinski definition) is 2. The molecule has 1 atom stereocenters. The molecule has 0 radical (unpaired) electrons. The molecule has 0 aliphatic rings. The first-order chi connectivity index (χ1) is 8.36. The summed E-state index contributed by atoms with van der Waals surface area (Å²) in [5, 5.41) is 12.1. The first-order valence-electron chi connectivity index (χ1n) is 6.00. The van der Waals surface area contributed by atoms with Crippen molar-refractivity contribution in [3.63, 3.8) is 0 Å². The number of hydrogen-bond acceptors (Lipinski definition) is 3. The van der Waals surface area contributed by atoms with Crippen LogP contribution in [0.1, 0.15) is 26.5 Å². The van der Waals surface area contributed by atoms with Gasteiger partial charge in [-0.3, -0.25) is 0 Å². The standard InChI is InChI=1S/C13H22N2O3/c1-13(2,3)11(9-16)15(4)12(17)14-8-10-6-5-7-18-10/h5-7,11,16H,8-9H2,1-4H3,(H,14,17)/t11-/m0/s1. The highest BCUT2D eigenvalue weighted by Gasteiger charge is 2.30. The molecule has 0 spiro atoms. The van der Waals surface area contributed by atoms with Crippen molar-refractivity contribution in [3.8, 4) is 0 Å². The van der Waals surface area contributed by atoms with Crippen LogP contribution < -0.4 is 5.32 Å². The van der Waals surface area contributed by atoms with E-state index >= 15 is 0 Å². The third-order valence-corrected chi connectivity index (χ3v) is 2.95. The van der Waals surface area contributed by atoms with Crippen molar-refractivity contribution in [1.29, 1.82) is 0 Å². The van der Waals surface area contributed by atoms with Crippen molar-refractivity contribution >= 4 is 6.03 Å². The topological polar surface area (TPSA) is 65.7 Å². The van der Waals surface area contributed by atoms with Crippen LogP contribution in [0.4, 0.5) is 4.79 Å². The van der Waals surface area contributed by atoms with E-state index in [1.807, 2.05) is 20.8 Å². The SMILES string of the molecule is CN(C(=O)NCc1ccco1)[C@@H](CO)C(C)(C)C. The maximum atomic E-state index is 11.9. The predicted molar refractivity (Wildman–Crippen MR) is 69.0 cm³/mol. The Bertz CT molecular complexity index is 368. The molecule has 18 heavy (non-hydrogen) atoms. The molecule has 0 unspecified atom stereocenters. The van der Waals surface area contributed by atoms with Crippen molar-refractivity contribution in [2.45, 2.75) is 33.4 Å². The Hall–Kier alpha value is -1.49. The number of aliphatic hydroxyl groups is 1. The number of nitrogens with zero attached hydrogens (tertiary/aromatic N) is 1. The summed E-state index contributed by atoms with van der Waals surface area (Å²) < 4.78 is 5.14. The predicted octanol–water partition coefficient (Wildman–Crippen LogP) is 1.83. The van der Waals surface area contributed by atoms with Gasteiger partial charge < -0.3 is 19.7 Å². The molecule has 0 saturated heterocycles. The summed E-state index contributed by atoms with van der Waals surface area (Å²) in [5.74, 6) is 0.702. The van der Waals surface area contributed by atoms with Crippen LogP contribution in [-0.2, 0) is 6.54 Å². The molecule has 5 heteroatoms. The Morgan fingerprint density at radius 1 is 1.56 bits per heavy atom. The molecule has 1 aromatic rings. The molecule has 0 bridgehead atoms. The van der Waals surface area contributed by atoms with Gasteiger partial charge in [-0.2, -0.15) is 0 Å². The van der Waals surface area contributed by atoms with E-state index in [0.717, 1.165) is 0 Å². The minimum Gasteiger partial charge on any atom is -0.467 e. The maximum absolute atomic E-state index is 11.9. The summed E-state index contributed by atoms with van der Waals surface area (Å²) in [6, 6.07) is 3.12. The lowest BCUT2D eigenvalue weighted by atomic mass is 9.86. The van der Waals surface area contributed by atoms with Gasteiger partial charge in [-0.25, -0.2) is 4.79 Å². The number of urea groups is 1. The molecule has 0 saturated carbocycles. The molecular weight excluding hydrogens is 232 g/mol. The highest BCUT2D eigenvalue weighted by molar-refractivity contribution is 5.74. The number of carbonyl (C=O) groups excluding carboxylic acids is 1. The number of furan rings is 1. The second-order valence-electron chi connectivity index (χ2n) is 5.41. The Kier molecular flexibility index (Phi) is 4.78. The largest absolute Gasteiger partial charge is 0.467 e. The Balaban J connectivity index is 2.55. The number of amides is 2. The number of nitrogens with one attached hydrogen (secondary N) is 1. The zero-order valence-corrected chi connectivity index (χ0v) is 11.4. The second kappa shape index (κ2) is 5.91. The normalized spacial score (nSPS) is 13.2. The number of aliphatic hydroxyl groups excluding tert-OH is 1. The van der Waals surface area contributed by atoms with Crippen LogP contribution in [0.2, 0.25) is 0 Å². The fourth-order valence-electron chi connectivity index (χ4n) is 1.82. The van der Waals surface area contributed by atoms with E-state index in [9.17, 15) is 9.90 Å². The summed E-state index contributed by atoms with van der Waals surface area (Å²) in [4.78, 5) is 13.5. The van der Waals surface area contributed by atoms with Crippen LogP contribution in [0.3, 0.4) is 0 Å². The highest BCUT2D eigenvalue weighted by atomic mass is 16.3. The fourth-order valence-corrected chi connectivity index (χ4v) is 1.82. The highest BCUT2D eigenvalue weighted by Crippen LogP contribution is 2.23. The van der Waals surface area contributed by atoms with Crippen molar-refractivity contribution in [3.05, 3.63) is 24.2 Å². The third kappa shape index (κ3) is 3.77. The zero-order chi connectivity index (χ0) is 13.8. The van der Waals surface area contributed by atoms with Crippen LogP contribution in [0.25, 0.3) is 0 Å². The van der Waals surface area contributed by atoms with Gasteiger partial charge in [0.05, 0.1) is 25.5 Å². The zero-order valence-electron chi connectivity index (χ0n) is 11.4. The maximum Gasteiger partial charge on any atom is 0.317 e. The van der Waals surface area contributed by atoms with E-state index in [2.05, 4.69) is 5.32 Å². The van der Waals surface area contributed by atoms with Crippen LogP contribution in [0, 0.1) is 5.41 Å². The summed E-state index contributed by atoms with van der Waals surface area (Å²) in [6.45, 7) is 6.26. The van der Waals surface area contributed by atoms with E-state index in [4.69, 9.17) is 4.42 Å².